The number of hydrogen-bond donors (Lipinski definition) is 1. The van der Waals surface area contributed by atoms with Gasteiger partial charge in [-0.3, -0.25) is 4.79 Å². The maximum absolute atomic E-state index is 11.7. The van der Waals surface area contributed by atoms with Gasteiger partial charge in [0.1, 0.15) is 0 Å². The number of nitrogens with zero attached hydrogens (tertiary/aromatic N) is 2. The molecule has 3 saturated heterocycles. The van der Waals surface area contributed by atoms with Gasteiger partial charge in [-0.2, -0.15) is 0 Å². The summed E-state index contributed by atoms with van der Waals surface area (Å²) in [6, 6.07) is 0.294. The summed E-state index contributed by atoms with van der Waals surface area (Å²) in [5.74, 6) is 0.135. The van der Waals surface area contributed by atoms with Crippen LogP contribution in [-0.4, -0.2) is 84.6 Å². The molecule has 0 bridgehead atoms. The lowest BCUT2D eigenvalue weighted by Crippen LogP contribution is -2.56. The Bertz CT molecular complexity index is 442. The van der Waals surface area contributed by atoms with Crippen molar-refractivity contribution >= 4 is 5.91 Å². The van der Waals surface area contributed by atoms with Gasteiger partial charge in [-0.1, -0.05) is 0 Å². The van der Waals surface area contributed by atoms with Crippen LogP contribution in [0.1, 0.15) is 45.4 Å². The summed E-state index contributed by atoms with van der Waals surface area (Å²) in [6.45, 7) is 6.36. The number of amides is 1. The Morgan fingerprint density at radius 3 is 2.50 bits per heavy atom. The fraction of sp³-hybridized carbons (Fsp3) is 0.944. The molecule has 6 heteroatoms. The fourth-order valence-corrected chi connectivity index (χ4v) is 4.38. The molecule has 3 heterocycles. The summed E-state index contributed by atoms with van der Waals surface area (Å²) in [5, 5.41) is 10.7. The minimum Gasteiger partial charge on any atom is -0.388 e. The molecule has 138 valence electrons. The number of carbonyl (C=O) groups excluding carboxylic acids is 1. The highest BCUT2D eigenvalue weighted by Gasteiger charge is 2.43. The lowest BCUT2D eigenvalue weighted by Gasteiger charge is -2.49. The third kappa shape index (κ3) is 4.10. The Morgan fingerprint density at radius 1 is 1.21 bits per heavy atom. The zero-order chi connectivity index (χ0) is 17.2. The zero-order valence-corrected chi connectivity index (χ0v) is 15.1. The minimum atomic E-state index is -0.590. The van der Waals surface area contributed by atoms with Crippen LogP contribution < -0.4 is 0 Å². The van der Waals surface area contributed by atoms with E-state index in [-0.39, 0.29) is 11.5 Å². The second-order valence-electron chi connectivity index (χ2n) is 7.92. The van der Waals surface area contributed by atoms with E-state index in [0.717, 1.165) is 64.8 Å². The van der Waals surface area contributed by atoms with E-state index < -0.39 is 5.60 Å². The van der Waals surface area contributed by atoms with E-state index >= 15 is 0 Å². The van der Waals surface area contributed by atoms with Gasteiger partial charge in [0.2, 0.25) is 5.91 Å². The lowest BCUT2D eigenvalue weighted by atomic mass is 9.81. The largest absolute Gasteiger partial charge is 0.388 e. The Kier molecular flexibility index (Phi) is 5.49. The maximum atomic E-state index is 11.7. The monoisotopic (exact) mass is 340 g/mol. The van der Waals surface area contributed by atoms with Crippen molar-refractivity contribution in [2.24, 2.45) is 0 Å². The normalized spacial score (nSPS) is 30.2. The molecular formula is C18H32N2O4. The summed E-state index contributed by atoms with van der Waals surface area (Å²) in [5.41, 5.74) is -0.672. The first-order valence-electron chi connectivity index (χ1n) is 9.31. The van der Waals surface area contributed by atoms with Gasteiger partial charge in [0.15, 0.2) is 0 Å². The molecule has 1 atom stereocenters. The van der Waals surface area contributed by atoms with Crippen molar-refractivity contribution in [2.75, 3.05) is 46.5 Å². The molecule has 3 rings (SSSR count). The summed E-state index contributed by atoms with van der Waals surface area (Å²) in [7, 11) is 1.90. The molecule has 0 aliphatic carbocycles. The number of β-amino-alcohol motifs (C(OH)–C–C–N with tert-alkyl or cyclic N) is 1. The van der Waals surface area contributed by atoms with E-state index in [2.05, 4.69) is 4.90 Å². The van der Waals surface area contributed by atoms with Crippen LogP contribution >= 0.6 is 0 Å². The van der Waals surface area contributed by atoms with Crippen molar-refractivity contribution in [3.63, 3.8) is 0 Å². The number of ether oxygens (including phenoxy) is 2. The molecule has 0 radical (unpaired) electrons. The van der Waals surface area contributed by atoms with Gasteiger partial charge >= 0.3 is 0 Å². The van der Waals surface area contributed by atoms with Crippen molar-refractivity contribution in [1.82, 2.24) is 9.80 Å². The Balaban J connectivity index is 1.53. The summed E-state index contributed by atoms with van der Waals surface area (Å²) >= 11 is 0. The van der Waals surface area contributed by atoms with E-state index in [1.165, 1.54) is 0 Å². The smallest absolute Gasteiger partial charge is 0.219 e. The number of rotatable bonds is 3. The lowest BCUT2D eigenvalue weighted by molar-refractivity contribution is -0.151. The molecule has 3 aliphatic rings. The molecular weight excluding hydrogens is 308 g/mol. The molecule has 3 aliphatic heterocycles. The first-order chi connectivity index (χ1) is 11.4. The van der Waals surface area contributed by atoms with Crippen molar-refractivity contribution in [3.8, 4) is 0 Å². The average molecular weight is 340 g/mol. The number of carbonyl (C=O) groups is 1. The third-order valence-corrected chi connectivity index (χ3v) is 6.22. The van der Waals surface area contributed by atoms with Gasteiger partial charge < -0.3 is 24.4 Å². The predicted molar refractivity (Wildman–Crippen MR) is 90.8 cm³/mol. The molecule has 3 fully saturated rings. The van der Waals surface area contributed by atoms with Crippen molar-refractivity contribution in [2.45, 2.75) is 62.7 Å². The molecule has 24 heavy (non-hydrogen) atoms. The van der Waals surface area contributed by atoms with Crippen molar-refractivity contribution in [3.05, 3.63) is 0 Å². The maximum Gasteiger partial charge on any atom is 0.219 e. The van der Waals surface area contributed by atoms with Gasteiger partial charge in [-0.05, 0) is 25.7 Å². The van der Waals surface area contributed by atoms with Crippen LogP contribution in [0.3, 0.4) is 0 Å². The summed E-state index contributed by atoms with van der Waals surface area (Å²) < 4.78 is 11.5. The van der Waals surface area contributed by atoms with E-state index in [0.29, 0.717) is 19.3 Å². The van der Waals surface area contributed by atoms with Gasteiger partial charge in [-0.25, -0.2) is 0 Å². The van der Waals surface area contributed by atoms with E-state index in [4.69, 9.17) is 9.47 Å². The van der Waals surface area contributed by atoms with E-state index in [1.54, 1.807) is 6.92 Å². The van der Waals surface area contributed by atoms with Gasteiger partial charge in [0, 0.05) is 72.3 Å². The average Bonchev–Trinajstić information content (AvgIpc) is 2.57. The molecule has 1 N–H and O–H groups in total. The number of hydrogen-bond acceptors (Lipinski definition) is 5. The summed E-state index contributed by atoms with van der Waals surface area (Å²) in [4.78, 5) is 15.9. The van der Waals surface area contributed by atoms with Crippen LogP contribution in [0.5, 0.6) is 0 Å². The molecule has 1 amide bonds. The highest BCUT2D eigenvalue weighted by Crippen LogP contribution is 2.37. The number of likely N-dealkylation sites (tertiary alicyclic amines) is 1. The zero-order valence-electron chi connectivity index (χ0n) is 15.1. The Morgan fingerprint density at radius 2 is 1.88 bits per heavy atom. The molecule has 0 aromatic rings. The number of piperidine rings is 1. The SMILES string of the molecule is CC(=O)N(C)C1CCOC2(CCN(CC3(O)CCOCC3)CC2)C1. The molecule has 0 saturated carbocycles. The second-order valence-corrected chi connectivity index (χ2v) is 7.92. The van der Waals surface area contributed by atoms with Crippen LogP contribution in [0, 0.1) is 0 Å². The van der Waals surface area contributed by atoms with E-state index in [9.17, 15) is 9.90 Å². The minimum absolute atomic E-state index is 0.0819. The van der Waals surface area contributed by atoms with Crippen LogP contribution in [0.25, 0.3) is 0 Å². The quantitative estimate of drug-likeness (QED) is 0.831. The number of aliphatic hydroxyl groups is 1. The topological polar surface area (TPSA) is 62.2 Å². The van der Waals surface area contributed by atoms with Crippen LogP contribution in [0.15, 0.2) is 0 Å². The molecule has 1 spiro atoms. The molecule has 0 aromatic carbocycles. The molecule has 6 nitrogen and oxygen atoms in total. The Hall–Kier alpha value is -0.690. The van der Waals surface area contributed by atoms with Gasteiger partial charge in [-0.15, -0.1) is 0 Å². The van der Waals surface area contributed by atoms with Crippen LogP contribution in [0.2, 0.25) is 0 Å². The van der Waals surface area contributed by atoms with Crippen molar-refractivity contribution < 1.29 is 19.4 Å². The summed E-state index contributed by atoms with van der Waals surface area (Å²) in [6.07, 6.45) is 5.31. The van der Waals surface area contributed by atoms with Crippen LogP contribution in [-0.2, 0) is 14.3 Å². The molecule has 1 unspecified atom stereocenters. The standard InChI is InChI=1S/C18H32N2O4/c1-15(21)19(2)16-3-10-24-18(13-16)4-8-20(9-5-18)14-17(22)6-11-23-12-7-17/h16,22H,3-14H2,1-2H3. The second kappa shape index (κ2) is 7.28. The highest BCUT2D eigenvalue weighted by atomic mass is 16.5. The van der Waals surface area contributed by atoms with Gasteiger partial charge in [0.25, 0.3) is 0 Å². The van der Waals surface area contributed by atoms with Crippen LogP contribution in [0.4, 0.5) is 0 Å². The fourth-order valence-electron chi connectivity index (χ4n) is 4.38. The first-order valence-corrected chi connectivity index (χ1v) is 9.31. The van der Waals surface area contributed by atoms with E-state index in [1.807, 2.05) is 11.9 Å². The van der Waals surface area contributed by atoms with Gasteiger partial charge in [0.05, 0.1) is 11.2 Å². The Labute approximate surface area is 145 Å². The highest BCUT2D eigenvalue weighted by molar-refractivity contribution is 5.73. The third-order valence-electron chi connectivity index (χ3n) is 6.22. The first kappa shape index (κ1) is 18.1. The predicted octanol–water partition coefficient (Wildman–Crippen LogP) is 1.02. The molecule has 0 aromatic heterocycles. The van der Waals surface area contributed by atoms with Crippen molar-refractivity contribution in [1.29, 1.82) is 0 Å².